The number of rotatable bonds is 4. The Morgan fingerprint density at radius 3 is 2.79 bits per heavy atom. The highest BCUT2D eigenvalue weighted by atomic mass is 35.5. The number of anilines is 1. The van der Waals surface area contributed by atoms with Gasteiger partial charge in [-0.1, -0.05) is 0 Å². The Kier molecular flexibility index (Phi) is 4.76. The van der Waals surface area contributed by atoms with Crippen LogP contribution in [-0.4, -0.2) is 47.4 Å². The van der Waals surface area contributed by atoms with Crippen LogP contribution in [0, 0.1) is 0 Å². The van der Waals surface area contributed by atoms with Gasteiger partial charge in [-0.15, -0.1) is 0 Å². The van der Waals surface area contributed by atoms with Gasteiger partial charge in [0.2, 0.25) is 11.2 Å². The van der Waals surface area contributed by atoms with Gasteiger partial charge in [0, 0.05) is 20.2 Å². The quantitative estimate of drug-likeness (QED) is 0.843. The van der Waals surface area contributed by atoms with E-state index in [4.69, 9.17) is 21.1 Å². The van der Waals surface area contributed by atoms with Crippen LogP contribution in [-0.2, 0) is 4.74 Å². The molecule has 0 radical (unpaired) electrons. The molecule has 1 aromatic rings. The fourth-order valence-electron chi connectivity index (χ4n) is 2.04. The molecule has 1 aromatic heterocycles. The number of methoxy groups -OCH3 is 1. The van der Waals surface area contributed by atoms with Gasteiger partial charge in [0.15, 0.2) is 0 Å². The molecule has 1 aliphatic heterocycles. The summed E-state index contributed by atoms with van der Waals surface area (Å²) in [7, 11) is 1.72. The molecular formula is C12H19ClN4O2. The summed E-state index contributed by atoms with van der Waals surface area (Å²) < 4.78 is 10.9. The molecular weight excluding hydrogens is 268 g/mol. The van der Waals surface area contributed by atoms with Crippen molar-refractivity contribution in [3.63, 3.8) is 0 Å². The molecule has 0 bridgehead atoms. The van der Waals surface area contributed by atoms with E-state index in [9.17, 15) is 0 Å². The van der Waals surface area contributed by atoms with Gasteiger partial charge in [0.25, 0.3) is 0 Å². The number of ether oxygens (including phenoxy) is 2. The first-order valence-electron chi connectivity index (χ1n) is 6.44. The average Bonchev–Trinajstić information content (AvgIpc) is 2.37. The highest BCUT2D eigenvalue weighted by Gasteiger charge is 2.22. The Labute approximate surface area is 118 Å². The number of hydrogen-bond acceptors (Lipinski definition) is 6. The van der Waals surface area contributed by atoms with Gasteiger partial charge in [-0.25, -0.2) is 0 Å². The summed E-state index contributed by atoms with van der Waals surface area (Å²) >= 11 is 5.92. The van der Waals surface area contributed by atoms with Gasteiger partial charge in [-0.2, -0.15) is 15.0 Å². The predicted molar refractivity (Wildman–Crippen MR) is 72.8 cm³/mol. The number of hydrogen-bond donors (Lipinski definition) is 0. The van der Waals surface area contributed by atoms with Gasteiger partial charge < -0.3 is 14.4 Å². The maximum Gasteiger partial charge on any atom is 0.322 e. The summed E-state index contributed by atoms with van der Waals surface area (Å²) in [5.41, 5.74) is 0. The van der Waals surface area contributed by atoms with Crippen LogP contribution >= 0.6 is 11.6 Å². The molecule has 19 heavy (non-hydrogen) atoms. The lowest BCUT2D eigenvalue weighted by atomic mass is 10.1. The third kappa shape index (κ3) is 3.91. The Balaban J connectivity index is 2.16. The lowest BCUT2D eigenvalue weighted by Gasteiger charge is -2.31. The van der Waals surface area contributed by atoms with Crippen LogP contribution in [0.3, 0.4) is 0 Å². The van der Waals surface area contributed by atoms with E-state index in [0.29, 0.717) is 5.95 Å². The summed E-state index contributed by atoms with van der Waals surface area (Å²) in [5.74, 6) is 0.553. The van der Waals surface area contributed by atoms with Crippen molar-refractivity contribution in [2.75, 3.05) is 25.1 Å². The fraction of sp³-hybridized carbons (Fsp3) is 0.750. The Bertz CT molecular complexity index is 430. The molecule has 0 aliphatic carbocycles. The molecule has 1 saturated heterocycles. The van der Waals surface area contributed by atoms with E-state index in [2.05, 4.69) is 19.9 Å². The van der Waals surface area contributed by atoms with Gasteiger partial charge in [0.05, 0.1) is 12.2 Å². The van der Waals surface area contributed by atoms with Crippen molar-refractivity contribution in [1.82, 2.24) is 15.0 Å². The second kappa shape index (κ2) is 6.34. The van der Waals surface area contributed by atoms with E-state index in [1.165, 1.54) is 0 Å². The summed E-state index contributed by atoms with van der Waals surface area (Å²) in [6.07, 6.45) is 2.31. The van der Waals surface area contributed by atoms with E-state index in [-0.39, 0.29) is 23.5 Å². The van der Waals surface area contributed by atoms with Gasteiger partial charge in [0.1, 0.15) is 0 Å². The smallest absolute Gasteiger partial charge is 0.322 e. The van der Waals surface area contributed by atoms with Crippen LogP contribution in [0.4, 0.5) is 5.95 Å². The molecule has 0 aromatic carbocycles. The number of halogens is 1. The molecule has 7 heteroatoms. The topological polar surface area (TPSA) is 60.4 Å². The average molecular weight is 287 g/mol. The van der Waals surface area contributed by atoms with Gasteiger partial charge >= 0.3 is 6.01 Å². The fourth-order valence-corrected chi connectivity index (χ4v) is 2.19. The SMILES string of the molecule is COC1CCCN(c2nc(Cl)nc(OC(C)C)n2)C1. The normalized spacial score (nSPS) is 19.8. The summed E-state index contributed by atoms with van der Waals surface area (Å²) in [6, 6.07) is 0.268. The number of nitrogens with zero attached hydrogens (tertiary/aromatic N) is 4. The van der Waals surface area contributed by atoms with Crippen molar-refractivity contribution in [3.05, 3.63) is 5.28 Å². The molecule has 6 nitrogen and oxygen atoms in total. The molecule has 106 valence electrons. The minimum atomic E-state index is -0.000559. The van der Waals surface area contributed by atoms with E-state index < -0.39 is 0 Å². The zero-order chi connectivity index (χ0) is 13.8. The van der Waals surface area contributed by atoms with Gasteiger partial charge in [-0.3, -0.25) is 0 Å². The van der Waals surface area contributed by atoms with Crippen molar-refractivity contribution in [1.29, 1.82) is 0 Å². The van der Waals surface area contributed by atoms with Crippen LogP contribution in [0.5, 0.6) is 6.01 Å². The molecule has 0 saturated carbocycles. The largest absolute Gasteiger partial charge is 0.461 e. The minimum absolute atomic E-state index is 0.000559. The Morgan fingerprint density at radius 1 is 1.32 bits per heavy atom. The molecule has 0 N–H and O–H groups in total. The van der Waals surface area contributed by atoms with E-state index in [0.717, 1.165) is 25.9 Å². The predicted octanol–water partition coefficient (Wildman–Crippen LogP) is 1.93. The third-order valence-electron chi connectivity index (χ3n) is 2.91. The van der Waals surface area contributed by atoms with Crippen LogP contribution in [0.15, 0.2) is 0 Å². The van der Waals surface area contributed by atoms with Crippen LogP contribution in [0.25, 0.3) is 0 Å². The second-order valence-electron chi connectivity index (χ2n) is 4.80. The highest BCUT2D eigenvalue weighted by Crippen LogP contribution is 2.21. The van der Waals surface area contributed by atoms with E-state index >= 15 is 0 Å². The molecule has 0 amide bonds. The number of piperidine rings is 1. The maximum absolute atomic E-state index is 5.92. The zero-order valence-electron chi connectivity index (χ0n) is 11.5. The minimum Gasteiger partial charge on any atom is -0.461 e. The number of aromatic nitrogens is 3. The molecule has 2 heterocycles. The van der Waals surface area contributed by atoms with Crippen molar-refractivity contribution in [2.45, 2.75) is 38.9 Å². The molecule has 1 atom stereocenters. The van der Waals surface area contributed by atoms with Crippen LogP contribution < -0.4 is 9.64 Å². The first-order chi connectivity index (χ1) is 9.08. The zero-order valence-corrected chi connectivity index (χ0v) is 12.2. The van der Waals surface area contributed by atoms with Crippen LogP contribution in [0.2, 0.25) is 5.28 Å². The van der Waals surface area contributed by atoms with Crippen molar-refractivity contribution >= 4 is 17.5 Å². The van der Waals surface area contributed by atoms with Crippen molar-refractivity contribution in [3.8, 4) is 6.01 Å². The standard InChI is InChI=1S/C12H19ClN4O2/c1-8(2)19-12-15-10(13)14-11(16-12)17-6-4-5-9(7-17)18-3/h8-9H,4-7H2,1-3H3. The maximum atomic E-state index is 5.92. The molecule has 0 spiro atoms. The van der Waals surface area contributed by atoms with E-state index in [1.807, 2.05) is 13.8 Å². The first kappa shape index (κ1) is 14.3. The third-order valence-corrected chi connectivity index (χ3v) is 3.08. The Hall–Kier alpha value is -1.14. The lowest BCUT2D eigenvalue weighted by Crippen LogP contribution is -2.40. The highest BCUT2D eigenvalue weighted by molar-refractivity contribution is 6.28. The van der Waals surface area contributed by atoms with Crippen molar-refractivity contribution in [2.24, 2.45) is 0 Å². The monoisotopic (exact) mass is 286 g/mol. The summed E-state index contributed by atoms with van der Waals surface area (Å²) in [6.45, 7) is 5.48. The Morgan fingerprint density at radius 2 is 2.11 bits per heavy atom. The molecule has 1 unspecified atom stereocenters. The molecule has 1 fully saturated rings. The lowest BCUT2D eigenvalue weighted by molar-refractivity contribution is 0.0888. The van der Waals surface area contributed by atoms with E-state index in [1.54, 1.807) is 7.11 Å². The summed E-state index contributed by atoms with van der Waals surface area (Å²) in [4.78, 5) is 14.5. The molecule has 1 aliphatic rings. The second-order valence-corrected chi connectivity index (χ2v) is 5.14. The van der Waals surface area contributed by atoms with Gasteiger partial charge in [-0.05, 0) is 38.3 Å². The van der Waals surface area contributed by atoms with Crippen LogP contribution in [0.1, 0.15) is 26.7 Å². The summed E-state index contributed by atoms with van der Waals surface area (Å²) in [5, 5.41) is 0.153. The molecule has 2 rings (SSSR count). The first-order valence-corrected chi connectivity index (χ1v) is 6.82. The van der Waals surface area contributed by atoms with Crippen molar-refractivity contribution < 1.29 is 9.47 Å².